The van der Waals surface area contributed by atoms with Crippen LogP contribution in [0.4, 0.5) is 14.5 Å². The molecule has 0 amide bonds. The van der Waals surface area contributed by atoms with Gasteiger partial charge in [-0.25, -0.2) is 8.78 Å². The molecule has 0 aliphatic rings. The Labute approximate surface area is 131 Å². The highest BCUT2D eigenvalue weighted by Gasteiger charge is 2.06. The van der Waals surface area contributed by atoms with E-state index >= 15 is 0 Å². The van der Waals surface area contributed by atoms with Gasteiger partial charge in [0, 0.05) is 6.07 Å². The van der Waals surface area contributed by atoms with Crippen LogP contribution in [0.3, 0.4) is 0 Å². The molecule has 2 nitrogen and oxygen atoms in total. The normalized spacial score (nSPS) is 11.6. The molecular formula is C15H12Cl2F2N2. The van der Waals surface area contributed by atoms with Crippen molar-refractivity contribution in [3.63, 3.8) is 0 Å². The molecule has 0 atom stereocenters. The van der Waals surface area contributed by atoms with Crippen molar-refractivity contribution in [3.8, 4) is 0 Å². The van der Waals surface area contributed by atoms with Crippen LogP contribution in [0.15, 0.2) is 41.5 Å². The van der Waals surface area contributed by atoms with E-state index in [1.165, 1.54) is 6.07 Å². The van der Waals surface area contributed by atoms with Gasteiger partial charge in [-0.2, -0.15) is 5.10 Å². The molecule has 2 rings (SSSR count). The van der Waals surface area contributed by atoms with Crippen LogP contribution >= 0.6 is 23.2 Å². The summed E-state index contributed by atoms with van der Waals surface area (Å²) in [5, 5.41) is 5.02. The van der Waals surface area contributed by atoms with Crippen LogP contribution in [0.25, 0.3) is 0 Å². The average Bonchev–Trinajstić information content (AvgIpc) is 2.45. The Morgan fingerprint density at radius 2 is 1.86 bits per heavy atom. The third-order valence-corrected chi connectivity index (χ3v) is 3.57. The zero-order chi connectivity index (χ0) is 15.4. The summed E-state index contributed by atoms with van der Waals surface area (Å²) in [5.41, 5.74) is 4.15. The van der Waals surface area contributed by atoms with Crippen molar-refractivity contribution in [1.82, 2.24) is 0 Å². The predicted molar refractivity (Wildman–Crippen MR) is 83.3 cm³/mol. The van der Waals surface area contributed by atoms with Crippen LogP contribution in [-0.2, 0) is 0 Å². The minimum atomic E-state index is -0.705. The fourth-order valence-corrected chi connectivity index (χ4v) is 2.03. The van der Waals surface area contributed by atoms with Crippen molar-refractivity contribution in [3.05, 3.63) is 63.6 Å². The van der Waals surface area contributed by atoms with Crippen molar-refractivity contribution in [2.24, 2.45) is 5.10 Å². The van der Waals surface area contributed by atoms with Gasteiger partial charge in [0.05, 0.1) is 21.4 Å². The predicted octanol–water partition coefficient (Wildman–Crippen LogP) is 5.50. The lowest BCUT2D eigenvalue weighted by molar-refractivity contribution is 0.585. The summed E-state index contributed by atoms with van der Waals surface area (Å²) in [5.74, 6) is -1.34. The molecule has 1 N–H and O–H groups in total. The molecule has 0 radical (unpaired) electrons. The highest BCUT2D eigenvalue weighted by molar-refractivity contribution is 6.42. The molecule has 0 fully saturated rings. The number of halogens is 4. The maximum Gasteiger partial charge on any atom is 0.151 e. The van der Waals surface area contributed by atoms with Gasteiger partial charge in [-0.1, -0.05) is 36.2 Å². The maximum absolute atomic E-state index is 13.5. The first-order valence-electron chi connectivity index (χ1n) is 6.24. The second kappa shape index (κ2) is 6.87. The van der Waals surface area contributed by atoms with E-state index in [0.29, 0.717) is 22.2 Å². The van der Waals surface area contributed by atoms with Crippen molar-refractivity contribution >= 4 is 34.6 Å². The minimum absolute atomic E-state index is 0.0995. The Morgan fingerprint density at radius 1 is 1.10 bits per heavy atom. The van der Waals surface area contributed by atoms with Gasteiger partial charge in [0.1, 0.15) is 5.82 Å². The average molecular weight is 329 g/mol. The maximum atomic E-state index is 13.5. The Hall–Kier alpha value is -1.65. The number of rotatable bonds is 4. The van der Waals surface area contributed by atoms with Crippen LogP contribution in [0.2, 0.25) is 10.0 Å². The number of nitrogens with one attached hydrogen (secondary N) is 1. The number of hydrazone groups is 1. The molecule has 2 aromatic rings. The SMILES string of the molecule is CC/C(=N\Nc1ccc(F)cc1F)c1ccc(Cl)c(Cl)c1. The Bertz CT molecular complexity index is 687. The molecule has 0 aromatic heterocycles. The quantitative estimate of drug-likeness (QED) is 0.581. The molecule has 110 valence electrons. The summed E-state index contributed by atoms with van der Waals surface area (Å²) in [6.07, 6.45) is 0.605. The van der Waals surface area contributed by atoms with Gasteiger partial charge in [0.2, 0.25) is 0 Å². The first-order valence-corrected chi connectivity index (χ1v) is 7.00. The van der Waals surface area contributed by atoms with Gasteiger partial charge < -0.3 is 0 Å². The van der Waals surface area contributed by atoms with Crippen LogP contribution in [0.1, 0.15) is 18.9 Å². The van der Waals surface area contributed by atoms with Crippen molar-refractivity contribution in [2.75, 3.05) is 5.43 Å². The first kappa shape index (κ1) is 15.7. The molecule has 0 saturated carbocycles. The fraction of sp³-hybridized carbons (Fsp3) is 0.133. The van der Waals surface area contributed by atoms with Crippen LogP contribution in [0, 0.1) is 11.6 Å². The molecule has 0 heterocycles. The molecule has 0 unspecified atom stereocenters. The van der Waals surface area contributed by atoms with E-state index in [-0.39, 0.29) is 5.69 Å². The number of hydrogen-bond acceptors (Lipinski definition) is 2. The second-order valence-electron chi connectivity index (χ2n) is 4.28. The number of anilines is 1. The minimum Gasteiger partial charge on any atom is -0.275 e. The Balaban J connectivity index is 2.26. The van der Waals surface area contributed by atoms with Gasteiger partial charge in [-0.05, 0) is 36.2 Å². The molecule has 2 aromatic carbocycles. The highest BCUT2D eigenvalue weighted by atomic mass is 35.5. The van der Waals surface area contributed by atoms with E-state index in [2.05, 4.69) is 10.5 Å². The molecule has 6 heteroatoms. The van der Waals surface area contributed by atoms with Crippen molar-refractivity contribution in [2.45, 2.75) is 13.3 Å². The topological polar surface area (TPSA) is 24.4 Å². The standard InChI is InChI=1S/C15H12Cl2F2N2/c1-2-14(9-3-5-11(16)12(17)7-9)20-21-15-6-4-10(18)8-13(15)19/h3-8,21H,2H2,1H3/b20-14+. The largest absolute Gasteiger partial charge is 0.275 e. The molecule has 0 bridgehead atoms. The Morgan fingerprint density at radius 3 is 2.48 bits per heavy atom. The Kier molecular flexibility index (Phi) is 5.15. The summed E-state index contributed by atoms with van der Waals surface area (Å²) in [6.45, 7) is 1.91. The third kappa shape index (κ3) is 3.93. The van der Waals surface area contributed by atoms with E-state index in [1.807, 2.05) is 6.92 Å². The van der Waals surface area contributed by atoms with Gasteiger partial charge in [-0.3, -0.25) is 5.43 Å². The molecule has 21 heavy (non-hydrogen) atoms. The molecular weight excluding hydrogens is 317 g/mol. The third-order valence-electron chi connectivity index (χ3n) is 2.83. The smallest absolute Gasteiger partial charge is 0.151 e. The fourth-order valence-electron chi connectivity index (χ4n) is 1.73. The molecule has 0 spiro atoms. The second-order valence-corrected chi connectivity index (χ2v) is 5.09. The van der Waals surface area contributed by atoms with E-state index in [9.17, 15) is 8.78 Å². The zero-order valence-corrected chi connectivity index (χ0v) is 12.6. The lowest BCUT2D eigenvalue weighted by Gasteiger charge is -2.08. The molecule has 0 saturated heterocycles. The highest BCUT2D eigenvalue weighted by Crippen LogP contribution is 2.23. The van der Waals surface area contributed by atoms with Crippen molar-refractivity contribution < 1.29 is 8.78 Å². The first-order chi connectivity index (χ1) is 10.0. The number of benzene rings is 2. The van der Waals surface area contributed by atoms with Gasteiger partial charge in [-0.15, -0.1) is 0 Å². The summed E-state index contributed by atoms with van der Waals surface area (Å²) >= 11 is 11.8. The summed E-state index contributed by atoms with van der Waals surface area (Å²) in [4.78, 5) is 0. The van der Waals surface area contributed by atoms with E-state index in [4.69, 9.17) is 23.2 Å². The van der Waals surface area contributed by atoms with E-state index < -0.39 is 11.6 Å². The van der Waals surface area contributed by atoms with Crippen molar-refractivity contribution in [1.29, 1.82) is 0 Å². The van der Waals surface area contributed by atoms with E-state index in [1.54, 1.807) is 18.2 Å². The van der Waals surface area contributed by atoms with Gasteiger partial charge in [0.15, 0.2) is 5.82 Å². The van der Waals surface area contributed by atoms with Crippen LogP contribution in [0.5, 0.6) is 0 Å². The van der Waals surface area contributed by atoms with Crippen LogP contribution < -0.4 is 5.43 Å². The molecule has 0 aliphatic heterocycles. The number of nitrogens with zero attached hydrogens (tertiary/aromatic N) is 1. The lowest BCUT2D eigenvalue weighted by Crippen LogP contribution is -2.04. The lowest BCUT2D eigenvalue weighted by atomic mass is 10.1. The molecule has 0 aliphatic carbocycles. The monoisotopic (exact) mass is 328 g/mol. The van der Waals surface area contributed by atoms with Crippen LogP contribution in [-0.4, -0.2) is 5.71 Å². The van der Waals surface area contributed by atoms with Gasteiger partial charge >= 0.3 is 0 Å². The summed E-state index contributed by atoms with van der Waals surface area (Å²) in [7, 11) is 0. The van der Waals surface area contributed by atoms with E-state index in [0.717, 1.165) is 17.7 Å². The zero-order valence-electron chi connectivity index (χ0n) is 11.1. The summed E-state index contributed by atoms with van der Waals surface area (Å²) < 4.78 is 26.3. The number of hydrogen-bond donors (Lipinski definition) is 1. The van der Waals surface area contributed by atoms with Gasteiger partial charge in [0.25, 0.3) is 0 Å². The summed E-state index contributed by atoms with van der Waals surface area (Å²) in [6, 6.07) is 8.38.